The Morgan fingerprint density at radius 3 is 1.83 bits per heavy atom. The van der Waals surface area contributed by atoms with Crippen LogP contribution in [0.4, 0.5) is 0 Å². The van der Waals surface area contributed by atoms with Gasteiger partial charge in [0.25, 0.3) is 0 Å². The van der Waals surface area contributed by atoms with E-state index in [9.17, 15) is 9.90 Å². The van der Waals surface area contributed by atoms with Crippen molar-refractivity contribution in [3.8, 4) is 16.9 Å². The highest BCUT2D eigenvalue weighted by Crippen LogP contribution is 2.42. The average molecular weight is 411 g/mol. The fourth-order valence-electron chi connectivity index (χ4n) is 3.52. The number of carbonyl (C=O) groups excluding carboxylic acids is 1. The summed E-state index contributed by atoms with van der Waals surface area (Å²) in [4.78, 5) is 12.3. The van der Waals surface area contributed by atoms with Crippen LogP contribution in [0.3, 0.4) is 0 Å². The van der Waals surface area contributed by atoms with Crippen molar-refractivity contribution < 1.29 is 14.6 Å². The molecule has 0 heterocycles. The third-order valence-electron chi connectivity index (χ3n) is 5.41. The number of esters is 1. The van der Waals surface area contributed by atoms with E-state index < -0.39 is 0 Å². The predicted molar refractivity (Wildman–Crippen MR) is 125 cm³/mol. The smallest absolute Gasteiger partial charge is 0.338 e. The highest BCUT2D eigenvalue weighted by Gasteiger charge is 2.26. The molecule has 0 aliphatic rings. The fourth-order valence-corrected chi connectivity index (χ4v) is 3.52. The summed E-state index contributed by atoms with van der Waals surface area (Å²) in [6.07, 6.45) is 4.35. The molecule has 0 aromatic heterocycles. The molecule has 3 heteroatoms. The summed E-state index contributed by atoms with van der Waals surface area (Å²) in [6, 6.07) is 11.7. The SMILES string of the molecule is CCCCCCOC(=O)c1ccc(-c2cc(C(C)(C)C)c(O)c(C(C)(C)C)c2)cc1. The molecule has 0 radical (unpaired) electrons. The van der Waals surface area contributed by atoms with Gasteiger partial charge in [-0.15, -0.1) is 0 Å². The van der Waals surface area contributed by atoms with Gasteiger partial charge in [-0.25, -0.2) is 4.79 Å². The molecule has 3 nitrogen and oxygen atoms in total. The second-order valence-corrected chi connectivity index (χ2v) is 10.2. The van der Waals surface area contributed by atoms with Crippen molar-refractivity contribution in [2.45, 2.75) is 85.0 Å². The van der Waals surface area contributed by atoms with E-state index in [4.69, 9.17) is 4.74 Å². The number of unbranched alkanes of at least 4 members (excludes halogenated alkanes) is 3. The molecule has 0 atom stereocenters. The van der Waals surface area contributed by atoms with Crippen molar-refractivity contribution in [1.29, 1.82) is 0 Å². The first-order valence-electron chi connectivity index (χ1n) is 11.1. The normalized spacial score (nSPS) is 12.1. The first-order valence-corrected chi connectivity index (χ1v) is 11.1. The van der Waals surface area contributed by atoms with Gasteiger partial charge in [-0.2, -0.15) is 0 Å². The molecule has 0 aliphatic heterocycles. The molecule has 30 heavy (non-hydrogen) atoms. The summed E-state index contributed by atoms with van der Waals surface area (Å²) in [5.74, 6) is 0.108. The summed E-state index contributed by atoms with van der Waals surface area (Å²) >= 11 is 0. The zero-order valence-electron chi connectivity index (χ0n) is 19.8. The average Bonchev–Trinajstić information content (AvgIpc) is 2.66. The molecule has 0 aliphatic carbocycles. The van der Waals surface area contributed by atoms with Crippen LogP contribution >= 0.6 is 0 Å². The van der Waals surface area contributed by atoms with Crippen LogP contribution in [0.1, 0.15) is 95.6 Å². The van der Waals surface area contributed by atoms with Crippen molar-refractivity contribution in [3.05, 3.63) is 53.1 Å². The molecule has 0 fully saturated rings. The van der Waals surface area contributed by atoms with Gasteiger partial charge in [0.05, 0.1) is 12.2 Å². The van der Waals surface area contributed by atoms with Gasteiger partial charge in [-0.3, -0.25) is 0 Å². The maximum Gasteiger partial charge on any atom is 0.338 e. The van der Waals surface area contributed by atoms with Crippen LogP contribution in [0.25, 0.3) is 11.1 Å². The zero-order chi connectivity index (χ0) is 22.5. The van der Waals surface area contributed by atoms with E-state index >= 15 is 0 Å². The molecule has 2 rings (SSSR count). The van der Waals surface area contributed by atoms with E-state index in [0.717, 1.165) is 35.1 Å². The Labute approximate surface area is 182 Å². The molecule has 164 valence electrons. The molecular weight excluding hydrogens is 372 g/mol. The molecule has 0 saturated carbocycles. The van der Waals surface area contributed by atoms with Crippen molar-refractivity contribution in [3.63, 3.8) is 0 Å². The number of rotatable bonds is 7. The van der Waals surface area contributed by atoms with E-state index in [2.05, 4.69) is 60.6 Å². The van der Waals surface area contributed by atoms with Gasteiger partial charge in [0.15, 0.2) is 0 Å². The van der Waals surface area contributed by atoms with Crippen LogP contribution in [0.5, 0.6) is 5.75 Å². The number of benzene rings is 2. The zero-order valence-corrected chi connectivity index (χ0v) is 19.8. The number of carbonyl (C=O) groups is 1. The van der Waals surface area contributed by atoms with Crippen LogP contribution < -0.4 is 0 Å². The first-order chi connectivity index (χ1) is 13.9. The largest absolute Gasteiger partial charge is 0.507 e. The van der Waals surface area contributed by atoms with E-state index in [1.807, 2.05) is 24.3 Å². The molecule has 2 aromatic rings. The third-order valence-corrected chi connectivity index (χ3v) is 5.41. The lowest BCUT2D eigenvalue weighted by atomic mass is 9.77. The van der Waals surface area contributed by atoms with Gasteiger partial charge in [0.2, 0.25) is 0 Å². The van der Waals surface area contributed by atoms with Crippen LogP contribution in [-0.2, 0) is 15.6 Å². The number of hydrogen-bond acceptors (Lipinski definition) is 3. The molecule has 0 bridgehead atoms. The lowest BCUT2D eigenvalue weighted by Crippen LogP contribution is -2.17. The van der Waals surface area contributed by atoms with E-state index in [1.54, 1.807) is 0 Å². The molecule has 1 N–H and O–H groups in total. The molecule has 0 saturated heterocycles. The van der Waals surface area contributed by atoms with Gasteiger partial charge in [-0.05, 0) is 52.6 Å². The monoisotopic (exact) mass is 410 g/mol. The Hall–Kier alpha value is -2.29. The Morgan fingerprint density at radius 2 is 1.37 bits per heavy atom. The maximum absolute atomic E-state index is 12.3. The Bertz CT molecular complexity index is 814. The van der Waals surface area contributed by atoms with Crippen molar-refractivity contribution in [1.82, 2.24) is 0 Å². The van der Waals surface area contributed by atoms with Gasteiger partial charge in [0, 0.05) is 11.1 Å². The molecule has 0 spiro atoms. The lowest BCUT2D eigenvalue weighted by Gasteiger charge is -2.28. The van der Waals surface area contributed by atoms with Crippen LogP contribution in [0.15, 0.2) is 36.4 Å². The molecule has 0 amide bonds. The Balaban J connectivity index is 2.28. The van der Waals surface area contributed by atoms with E-state index in [1.165, 1.54) is 12.8 Å². The van der Waals surface area contributed by atoms with Gasteiger partial charge in [-0.1, -0.05) is 79.9 Å². The van der Waals surface area contributed by atoms with E-state index in [-0.39, 0.29) is 16.8 Å². The summed E-state index contributed by atoms with van der Waals surface area (Å²) in [7, 11) is 0. The summed E-state index contributed by atoms with van der Waals surface area (Å²) in [6.45, 7) is 15.3. The minimum Gasteiger partial charge on any atom is -0.507 e. The Morgan fingerprint density at radius 1 is 0.833 bits per heavy atom. The van der Waals surface area contributed by atoms with E-state index in [0.29, 0.717) is 17.9 Å². The Kier molecular flexibility index (Phi) is 7.74. The first kappa shape index (κ1) is 24.0. The van der Waals surface area contributed by atoms with Gasteiger partial charge in [0.1, 0.15) is 5.75 Å². The van der Waals surface area contributed by atoms with Gasteiger partial charge < -0.3 is 9.84 Å². The summed E-state index contributed by atoms with van der Waals surface area (Å²) in [5, 5.41) is 10.9. The third kappa shape index (κ3) is 6.10. The van der Waals surface area contributed by atoms with Crippen molar-refractivity contribution in [2.24, 2.45) is 0 Å². The molecule has 2 aromatic carbocycles. The molecular formula is C27H38O3. The standard InChI is InChI=1S/C27H38O3/c1-8-9-10-11-16-30-25(29)20-14-12-19(13-15-20)21-17-22(26(2,3)4)24(28)23(18-21)27(5,6)7/h12-15,17-18,28H,8-11,16H2,1-7H3. The summed E-state index contributed by atoms with van der Waals surface area (Å²) < 4.78 is 5.39. The number of hydrogen-bond donors (Lipinski definition) is 1. The van der Waals surface area contributed by atoms with Gasteiger partial charge >= 0.3 is 5.97 Å². The maximum atomic E-state index is 12.3. The second-order valence-electron chi connectivity index (χ2n) is 10.2. The quantitative estimate of drug-likeness (QED) is 0.382. The highest BCUT2D eigenvalue weighted by atomic mass is 16.5. The number of aromatic hydroxyl groups is 1. The minimum atomic E-state index is -0.269. The number of ether oxygens (including phenoxy) is 1. The number of phenolic OH excluding ortho intramolecular Hbond substituents is 1. The fraction of sp³-hybridized carbons (Fsp3) is 0.519. The second kappa shape index (κ2) is 9.68. The highest BCUT2D eigenvalue weighted by molar-refractivity contribution is 5.90. The van der Waals surface area contributed by atoms with Crippen LogP contribution in [0, 0.1) is 0 Å². The van der Waals surface area contributed by atoms with Crippen molar-refractivity contribution >= 4 is 5.97 Å². The predicted octanol–water partition coefficient (Wildman–Crippen LogP) is 7.39. The minimum absolute atomic E-state index is 0.179. The molecule has 0 unspecified atom stereocenters. The lowest BCUT2D eigenvalue weighted by molar-refractivity contribution is 0.0498. The van der Waals surface area contributed by atoms with Crippen LogP contribution in [-0.4, -0.2) is 17.7 Å². The van der Waals surface area contributed by atoms with Crippen molar-refractivity contribution in [2.75, 3.05) is 6.61 Å². The number of phenols is 1. The van der Waals surface area contributed by atoms with Crippen LogP contribution in [0.2, 0.25) is 0 Å². The topological polar surface area (TPSA) is 46.5 Å². The summed E-state index contributed by atoms with van der Waals surface area (Å²) in [5.41, 5.74) is 4.14.